The van der Waals surface area contributed by atoms with Gasteiger partial charge in [-0.1, -0.05) is 0 Å². The fourth-order valence-corrected chi connectivity index (χ4v) is 1.43. The Morgan fingerprint density at radius 2 is 2.27 bits per heavy atom. The summed E-state index contributed by atoms with van der Waals surface area (Å²) in [5.41, 5.74) is 0. The van der Waals surface area contributed by atoms with Gasteiger partial charge in [0.15, 0.2) is 0 Å². The first-order chi connectivity index (χ1) is 4.69. The van der Waals surface area contributed by atoms with Crippen molar-refractivity contribution in [3.63, 3.8) is 0 Å². The topological polar surface area (TPSA) is 37.3 Å². The average molecular weight is 224 g/mol. The van der Waals surface area contributed by atoms with Crippen molar-refractivity contribution in [3.8, 4) is 0 Å². The summed E-state index contributed by atoms with van der Waals surface area (Å²) in [7, 11) is 1.89. The highest BCUT2D eigenvalue weighted by Gasteiger charge is 2.35. The van der Waals surface area contributed by atoms with E-state index in [0.717, 1.165) is 13.0 Å². The number of aliphatic hydroxyl groups excluding tert-OH is 1. The third-order valence-electron chi connectivity index (χ3n) is 2.24. The predicted octanol–water partition coefficient (Wildman–Crippen LogP) is -3.25. The van der Waals surface area contributed by atoms with Gasteiger partial charge in [-0.15, -0.1) is 0 Å². The van der Waals surface area contributed by atoms with Crippen molar-refractivity contribution in [2.24, 2.45) is 0 Å². The summed E-state index contributed by atoms with van der Waals surface area (Å²) in [5, 5.41) is 8.64. The molecule has 1 fully saturated rings. The minimum Gasteiger partial charge on any atom is -1.00 e. The lowest BCUT2D eigenvalue weighted by molar-refractivity contribution is -0.826. The molecule has 1 amide bonds. The third kappa shape index (κ3) is 2.25. The Morgan fingerprint density at radius 3 is 2.64 bits per heavy atom. The van der Waals surface area contributed by atoms with Gasteiger partial charge in [0.25, 0.3) is 0 Å². The quantitative estimate of drug-likeness (QED) is 0.500. The Bertz CT molecular complexity index is 151. The van der Waals surface area contributed by atoms with E-state index in [-0.39, 0.29) is 29.5 Å². The highest BCUT2D eigenvalue weighted by atomic mass is 79.9. The van der Waals surface area contributed by atoms with Crippen LogP contribution in [0.5, 0.6) is 0 Å². The van der Waals surface area contributed by atoms with Crippen molar-refractivity contribution in [1.82, 2.24) is 0 Å². The first-order valence-electron chi connectivity index (χ1n) is 3.68. The molecule has 0 spiro atoms. The molecule has 0 aromatic rings. The largest absolute Gasteiger partial charge is 1.00 e. The summed E-state index contributed by atoms with van der Waals surface area (Å²) in [6, 6.07) is 0. The second-order valence-electron chi connectivity index (χ2n) is 3.06. The van der Waals surface area contributed by atoms with Crippen LogP contribution in [0.4, 0.5) is 0 Å². The molecule has 1 heterocycles. The molecule has 1 atom stereocenters. The van der Waals surface area contributed by atoms with Crippen LogP contribution in [0.15, 0.2) is 0 Å². The van der Waals surface area contributed by atoms with Crippen LogP contribution in [0, 0.1) is 0 Å². The zero-order chi connectivity index (χ0) is 7.61. The average Bonchev–Trinajstić information content (AvgIpc) is 2.15. The molecule has 0 aliphatic carbocycles. The van der Waals surface area contributed by atoms with Crippen molar-refractivity contribution < 1.29 is 31.4 Å². The van der Waals surface area contributed by atoms with E-state index < -0.39 is 0 Å². The zero-order valence-electron chi connectivity index (χ0n) is 6.72. The molecule has 0 aromatic carbocycles. The molecular formula is C7H14BrNO2. The van der Waals surface area contributed by atoms with Gasteiger partial charge in [0.1, 0.15) is 6.54 Å². The minimum absolute atomic E-state index is 0. The maximum atomic E-state index is 11.1. The molecule has 1 unspecified atom stereocenters. The van der Waals surface area contributed by atoms with Gasteiger partial charge >= 0.3 is 5.91 Å². The summed E-state index contributed by atoms with van der Waals surface area (Å²) >= 11 is 0. The number of halogens is 1. The van der Waals surface area contributed by atoms with Crippen LogP contribution < -0.4 is 17.0 Å². The molecule has 11 heavy (non-hydrogen) atoms. The van der Waals surface area contributed by atoms with Crippen LogP contribution in [-0.2, 0) is 4.79 Å². The number of likely N-dealkylation sites (N-methyl/N-ethyl adjacent to an activating group) is 1. The Morgan fingerprint density at radius 1 is 1.64 bits per heavy atom. The number of carbonyl (C=O) groups excluding carboxylic acids is 1. The normalized spacial score (nSPS) is 30.2. The van der Waals surface area contributed by atoms with Gasteiger partial charge in [-0.05, 0) is 0 Å². The Hall–Kier alpha value is 0.0700. The predicted molar refractivity (Wildman–Crippen MR) is 37.2 cm³/mol. The third-order valence-corrected chi connectivity index (χ3v) is 2.24. The van der Waals surface area contributed by atoms with E-state index in [1.54, 1.807) is 0 Å². The first kappa shape index (κ1) is 11.1. The molecular weight excluding hydrogens is 210 g/mol. The molecule has 3 nitrogen and oxygen atoms in total. The van der Waals surface area contributed by atoms with Crippen LogP contribution in [0.1, 0.15) is 12.8 Å². The number of nitrogens with zero attached hydrogens (tertiary/aromatic N) is 1. The lowest BCUT2D eigenvalue weighted by Gasteiger charge is -2.24. The Kier molecular flexibility index (Phi) is 4.21. The number of aliphatic hydroxyl groups is 1. The van der Waals surface area contributed by atoms with Crippen molar-refractivity contribution in [2.75, 3.05) is 26.7 Å². The standard InChI is InChI=1S/C7H14NO2.BrH/c1-8(5-6-9)4-2-3-7(8)10;/h9H,2-6H2,1H3;1H/q+1;/p-1. The summed E-state index contributed by atoms with van der Waals surface area (Å²) in [6.45, 7) is 1.60. The molecule has 4 heteroatoms. The van der Waals surface area contributed by atoms with Gasteiger partial charge in [-0.3, -0.25) is 4.48 Å². The molecule has 0 aromatic heterocycles. The Labute approximate surface area is 77.4 Å². The van der Waals surface area contributed by atoms with Gasteiger partial charge in [0.2, 0.25) is 0 Å². The SMILES string of the molecule is C[N+]1(CCO)CCCC1=O.[Br-]. The molecule has 66 valence electrons. The van der Waals surface area contributed by atoms with E-state index in [9.17, 15) is 4.79 Å². The molecule has 1 aliphatic rings. The first-order valence-corrected chi connectivity index (χ1v) is 3.68. The van der Waals surface area contributed by atoms with E-state index >= 15 is 0 Å². The van der Waals surface area contributed by atoms with Crippen LogP contribution in [-0.4, -0.2) is 42.2 Å². The molecule has 0 saturated carbocycles. The summed E-state index contributed by atoms with van der Waals surface area (Å²) < 4.78 is 0.441. The number of amides is 1. The minimum atomic E-state index is 0. The van der Waals surface area contributed by atoms with Gasteiger partial charge in [-0.2, -0.15) is 0 Å². The van der Waals surface area contributed by atoms with Crippen molar-refractivity contribution in [1.29, 1.82) is 0 Å². The van der Waals surface area contributed by atoms with E-state index in [2.05, 4.69) is 0 Å². The fraction of sp³-hybridized carbons (Fsp3) is 0.857. The smallest absolute Gasteiger partial charge is 0.313 e. The number of hydrogen-bond acceptors (Lipinski definition) is 2. The number of quaternary nitrogens is 1. The lowest BCUT2D eigenvalue weighted by atomic mass is 10.4. The van der Waals surface area contributed by atoms with Crippen LogP contribution in [0.25, 0.3) is 0 Å². The number of rotatable bonds is 2. The van der Waals surface area contributed by atoms with Crippen LogP contribution in [0.2, 0.25) is 0 Å². The summed E-state index contributed by atoms with van der Waals surface area (Å²) in [4.78, 5) is 11.1. The number of hydrogen-bond donors (Lipinski definition) is 1. The van der Waals surface area contributed by atoms with Gasteiger partial charge in [0.05, 0.1) is 26.6 Å². The highest BCUT2D eigenvalue weighted by molar-refractivity contribution is 5.70. The van der Waals surface area contributed by atoms with Crippen molar-refractivity contribution in [3.05, 3.63) is 0 Å². The molecule has 1 aliphatic heterocycles. The van der Waals surface area contributed by atoms with Gasteiger partial charge in [-0.25, -0.2) is 4.79 Å². The monoisotopic (exact) mass is 223 g/mol. The van der Waals surface area contributed by atoms with E-state index in [0.29, 0.717) is 17.4 Å². The second-order valence-corrected chi connectivity index (χ2v) is 3.06. The van der Waals surface area contributed by atoms with E-state index in [4.69, 9.17) is 5.11 Å². The fourth-order valence-electron chi connectivity index (χ4n) is 1.43. The number of carbonyl (C=O) groups is 1. The molecule has 1 N–H and O–H groups in total. The highest BCUT2D eigenvalue weighted by Crippen LogP contribution is 2.16. The maximum absolute atomic E-state index is 11.1. The molecule has 0 radical (unpaired) electrons. The summed E-state index contributed by atoms with van der Waals surface area (Å²) in [5.74, 6) is 0.272. The molecule has 0 bridgehead atoms. The van der Waals surface area contributed by atoms with Gasteiger partial charge in [0, 0.05) is 6.42 Å². The lowest BCUT2D eigenvalue weighted by Crippen LogP contribution is -3.00. The molecule has 1 rings (SSSR count). The van der Waals surface area contributed by atoms with Crippen molar-refractivity contribution in [2.45, 2.75) is 12.8 Å². The Balaban J connectivity index is 0.000001000. The second kappa shape index (κ2) is 4.18. The number of likely N-dealkylation sites (tertiary alicyclic amines) is 1. The summed E-state index contributed by atoms with van der Waals surface area (Å²) in [6.07, 6.45) is 1.67. The van der Waals surface area contributed by atoms with E-state index in [1.165, 1.54) is 0 Å². The van der Waals surface area contributed by atoms with Crippen LogP contribution >= 0.6 is 0 Å². The maximum Gasteiger partial charge on any atom is 0.313 e. The van der Waals surface area contributed by atoms with E-state index in [1.807, 2.05) is 7.05 Å². The molecule has 1 saturated heterocycles. The van der Waals surface area contributed by atoms with Crippen LogP contribution in [0.3, 0.4) is 0 Å². The van der Waals surface area contributed by atoms with Crippen molar-refractivity contribution >= 4 is 5.91 Å². The zero-order valence-corrected chi connectivity index (χ0v) is 8.30. The van der Waals surface area contributed by atoms with Gasteiger partial charge < -0.3 is 22.1 Å².